The van der Waals surface area contributed by atoms with Crippen molar-refractivity contribution in [3.63, 3.8) is 0 Å². The summed E-state index contributed by atoms with van der Waals surface area (Å²) in [6, 6.07) is 14.1. The van der Waals surface area contributed by atoms with Crippen LogP contribution in [0.25, 0.3) is 0 Å². The summed E-state index contributed by atoms with van der Waals surface area (Å²) < 4.78 is 5.42. The van der Waals surface area contributed by atoms with E-state index in [1.54, 1.807) is 19.4 Å². The zero-order valence-electron chi connectivity index (χ0n) is 18.6. The van der Waals surface area contributed by atoms with Gasteiger partial charge < -0.3 is 20.3 Å². The first kappa shape index (κ1) is 21.9. The van der Waals surface area contributed by atoms with Gasteiger partial charge in [-0.2, -0.15) is 5.26 Å². The number of methoxy groups -OCH3 is 1. The van der Waals surface area contributed by atoms with Crippen molar-refractivity contribution in [3.05, 3.63) is 53.7 Å². The molecule has 2 heterocycles. The summed E-state index contributed by atoms with van der Waals surface area (Å²) in [5, 5.41) is 15.2. The molecule has 0 unspecified atom stereocenters. The second-order valence-corrected chi connectivity index (χ2v) is 8.82. The van der Waals surface area contributed by atoms with E-state index in [2.05, 4.69) is 38.7 Å². The number of benzene rings is 1. The highest BCUT2D eigenvalue weighted by molar-refractivity contribution is 5.74. The van der Waals surface area contributed by atoms with Crippen LogP contribution in [-0.4, -0.2) is 43.8 Å². The third-order valence-corrected chi connectivity index (χ3v) is 6.86. The van der Waals surface area contributed by atoms with Crippen LogP contribution in [0.3, 0.4) is 0 Å². The van der Waals surface area contributed by atoms with Crippen molar-refractivity contribution >= 4 is 11.8 Å². The lowest BCUT2D eigenvalue weighted by molar-refractivity contribution is 0.230. The predicted molar refractivity (Wildman–Crippen MR) is 124 cm³/mol. The molecule has 32 heavy (non-hydrogen) atoms. The Labute approximate surface area is 189 Å². The third kappa shape index (κ3) is 4.96. The van der Waals surface area contributed by atoms with E-state index in [1.807, 2.05) is 18.2 Å². The molecule has 2 amide bonds. The number of ether oxygens (including phenoxy) is 1. The summed E-state index contributed by atoms with van der Waals surface area (Å²) in [4.78, 5) is 19.3. The van der Waals surface area contributed by atoms with Gasteiger partial charge in [0.1, 0.15) is 17.6 Å². The summed E-state index contributed by atoms with van der Waals surface area (Å²) in [6.07, 6.45) is 7.87. The number of nitrogens with one attached hydrogen (secondary N) is 2. The highest BCUT2D eigenvalue weighted by Gasteiger charge is 2.36. The molecule has 7 heteroatoms. The number of rotatable bonds is 6. The minimum absolute atomic E-state index is 0.0174. The van der Waals surface area contributed by atoms with E-state index in [9.17, 15) is 4.79 Å². The molecule has 2 fully saturated rings. The van der Waals surface area contributed by atoms with Crippen molar-refractivity contribution in [1.29, 1.82) is 5.26 Å². The van der Waals surface area contributed by atoms with Gasteiger partial charge in [0.15, 0.2) is 0 Å². The minimum atomic E-state index is -0.0888. The lowest BCUT2D eigenvalue weighted by Crippen LogP contribution is -2.50. The molecule has 1 saturated carbocycles. The topological polar surface area (TPSA) is 90.3 Å². The lowest BCUT2D eigenvalue weighted by Gasteiger charge is -2.34. The van der Waals surface area contributed by atoms with Crippen LogP contribution in [0.15, 0.2) is 42.6 Å². The molecule has 0 atom stereocenters. The van der Waals surface area contributed by atoms with Crippen LogP contribution in [-0.2, 0) is 5.41 Å². The highest BCUT2D eigenvalue weighted by Crippen LogP contribution is 2.41. The number of hydrogen-bond acceptors (Lipinski definition) is 5. The van der Waals surface area contributed by atoms with Gasteiger partial charge in [0.25, 0.3) is 0 Å². The molecule has 1 aliphatic heterocycles. The summed E-state index contributed by atoms with van der Waals surface area (Å²) in [7, 11) is 1.69. The Hall–Kier alpha value is -3.27. The number of amides is 2. The number of carbonyl (C=O) groups is 1. The molecule has 0 spiro atoms. The Kier molecular flexibility index (Phi) is 6.79. The molecule has 0 radical (unpaired) electrons. The molecule has 1 aliphatic carbocycles. The molecular weight excluding hydrogens is 402 g/mol. The van der Waals surface area contributed by atoms with Crippen LogP contribution < -0.4 is 20.3 Å². The van der Waals surface area contributed by atoms with Crippen LogP contribution in [0, 0.1) is 11.3 Å². The predicted octanol–water partition coefficient (Wildman–Crippen LogP) is 3.74. The number of nitriles is 1. The lowest BCUT2D eigenvalue weighted by atomic mass is 9.78. The van der Waals surface area contributed by atoms with Gasteiger partial charge in [-0.05, 0) is 55.5 Å². The molecule has 168 valence electrons. The van der Waals surface area contributed by atoms with Crippen LogP contribution in [0.2, 0.25) is 0 Å². The largest absolute Gasteiger partial charge is 0.497 e. The van der Waals surface area contributed by atoms with E-state index in [0.717, 1.165) is 50.3 Å². The van der Waals surface area contributed by atoms with Gasteiger partial charge in [-0.3, -0.25) is 0 Å². The van der Waals surface area contributed by atoms with Crippen LogP contribution in [0.1, 0.15) is 49.7 Å². The van der Waals surface area contributed by atoms with Gasteiger partial charge in [0, 0.05) is 37.3 Å². The van der Waals surface area contributed by atoms with E-state index in [-0.39, 0.29) is 17.5 Å². The van der Waals surface area contributed by atoms with E-state index >= 15 is 0 Å². The molecule has 1 aromatic heterocycles. The van der Waals surface area contributed by atoms with E-state index < -0.39 is 0 Å². The average molecular weight is 434 g/mol. The van der Waals surface area contributed by atoms with Crippen molar-refractivity contribution in [3.8, 4) is 11.8 Å². The zero-order valence-corrected chi connectivity index (χ0v) is 18.6. The minimum Gasteiger partial charge on any atom is -0.497 e. The molecule has 1 aromatic carbocycles. The fraction of sp³-hybridized carbons (Fsp3) is 0.480. The molecule has 1 saturated heterocycles. The maximum absolute atomic E-state index is 12.7. The molecule has 2 aromatic rings. The number of carbonyl (C=O) groups excluding carboxylic acids is 1. The number of hydrogen-bond donors (Lipinski definition) is 2. The summed E-state index contributed by atoms with van der Waals surface area (Å²) >= 11 is 0. The van der Waals surface area contributed by atoms with Gasteiger partial charge >= 0.3 is 6.03 Å². The quantitative estimate of drug-likeness (QED) is 0.724. The van der Waals surface area contributed by atoms with Crippen molar-refractivity contribution in [1.82, 2.24) is 15.6 Å². The Balaban J connectivity index is 1.28. The summed E-state index contributed by atoms with van der Waals surface area (Å²) in [5.41, 5.74) is 1.80. The first-order chi connectivity index (χ1) is 15.6. The number of pyridine rings is 1. The highest BCUT2D eigenvalue weighted by atomic mass is 16.5. The Morgan fingerprint density at radius 1 is 1.25 bits per heavy atom. The number of nitrogens with zero attached hydrogens (tertiary/aromatic N) is 3. The number of urea groups is 1. The van der Waals surface area contributed by atoms with E-state index in [4.69, 9.17) is 10.00 Å². The molecule has 2 aliphatic rings. The van der Waals surface area contributed by atoms with Gasteiger partial charge in [-0.15, -0.1) is 0 Å². The van der Waals surface area contributed by atoms with Crippen LogP contribution >= 0.6 is 0 Å². The summed E-state index contributed by atoms with van der Waals surface area (Å²) in [5.74, 6) is 1.75. The molecule has 2 N–H and O–H groups in total. The fourth-order valence-electron chi connectivity index (χ4n) is 4.95. The SMILES string of the molecule is COc1cccc(C2(CNC(=O)NC3CCN(c4ccc(C#N)cn4)CC3)CCCC2)c1. The first-order valence-corrected chi connectivity index (χ1v) is 11.4. The maximum atomic E-state index is 12.7. The van der Waals surface area contributed by atoms with Gasteiger partial charge in [0.2, 0.25) is 0 Å². The maximum Gasteiger partial charge on any atom is 0.315 e. The van der Waals surface area contributed by atoms with Crippen molar-refractivity contribution in [2.45, 2.75) is 50.0 Å². The van der Waals surface area contributed by atoms with Crippen molar-refractivity contribution in [2.24, 2.45) is 0 Å². The monoisotopic (exact) mass is 433 g/mol. The zero-order chi connectivity index (χ0) is 22.4. The molecule has 0 bridgehead atoms. The number of piperidine rings is 1. The normalized spacial score (nSPS) is 18.1. The Morgan fingerprint density at radius 3 is 2.69 bits per heavy atom. The second-order valence-electron chi connectivity index (χ2n) is 8.82. The smallest absolute Gasteiger partial charge is 0.315 e. The number of anilines is 1. The average Bonchev–Trinajstić information content (AvgIpc) is 3.34. The third-order valence-electron chi connectivity index (χ3n) is 6.86. The number of aromatic nitrogens is 1. The van der Waals surface area contributed by atoms with E-state index in [0.29, 0.717) is 12.1 Å². The molecule has 7 nitrogen and oxygen atoms in total. The van der Waals surface area contributed by atoms with Gasteiger partial charge in [-0.1, -0.05) is 25.0 Å². The fourth-order valence-corrected chi connectivity index (χ4v) is 4.95. The Morgan fingerprint density at radius 2 is 2.03 bits per heavy atom. The van der Waals surface area contributed by atoms with Crippen molar-refractivity contribution in [2.75, 3.05) is 31.6 Å². The van der Waals surface area contributed by atoms with Crippen LogP contribution in [0.5, 0.6) is 5.75 Å². The summed E-state index contributed by atoms with van der Waals surface area (Å²) in [6.45, 7) is 2.30. The van der Waals surface area contributed by atoms with Gasteiger partial charge in [0.05, 0.1) is 12.7 Å². The Bertz CT molecular complexity index is 955. The molecule has 4 rings (SSSR count). The first-order valence-electron chi connectivity index (χ1n) is 11.4. The van der Waals surface area contributed by atoms with E-state index in [1.165, 1.54) is 18.4 Å². The van der Waals surface area contributed by atoms with Gasteiger partial charge in [-0.25, -0.2) is 9.78 Å². The standard InChI is InChI=1S/C25H31N5O2/c1-32-22-6-4-5-20(15-22)25(11-2-3-12-25)18-28-24(31)29-21-9-13-30(14-10-21)23-8-7-19(16-26)17-27-23/h4-8,15,17,21H,2-3,9-14,18H2,1H3,(H2,28,29,31). The van der Waals surface area contributed by atoms with Crippen LogP contribution in [0.4, 0.5) is 10.6 Å². The second kappa shape index (κ2) is 9.90. The van der Waals surface area contributed by atoms with Crippen molar-refractivity contribution < 1.29 is 9.53 Å². The molecular formula is C25H31N5O2.